The Morgan fingerprint density at radius 1 is 1.23 bits per heavy atom. The Morgan fingerprint density at radius 3 is 2.83 bits per heavy atom. The standard InChI is InChI=1S/C21H24ClN7S/c1-13(2)17-12-28(19-11-18(22)26-20(23)27-19)9-10-29(17)21(30)25-16-7-3-6-15-14(16)5-4-8-24-15/h3-8,11,13,17H,9-10,12H2,1-2H3,(H,25,30)(H2,23,26,27). The molecule has 3 N–H and O–H groups in total. The van der Waals surface area contributed by atoms with Gasteiger partial charge in [-0.1, -0.05) is 31.5 Å². The Balaban J connectivity index is 1.54. The first-order valence-electron chi connectivity index (χ1n) is 9.89. The lowest BCUT2D eigenvalue weighted by atomic mass is 10.00. The number of nitrogens with zero attached hydrogens (tertiary/aromatic N) is 5. The van der Waals surface area contributed by atoms with Crippen molar-refractivity contribution < 1.29 is 0 Å². The van der Waals surface area contributed by atoms with Crippen LogP contribution in [0.5, 0.6) is 0 Å². The minimum Gasteiger partial charge on any atom is -0.368 e. The van der Waals surface area contributed by atoms with Crippen molar-refractivity contribution in [1.29, 1.82) is 0 Å². The third kappa shape index (κ3) is 4.24. The second-order valence-electron chi connectivity index (χ2n) is 7.66. The van der Waals surface area contributed by atoms with E-state index in [9.17, 15) is 0 Å². The molecule has 1 aromatic carbocycles. The number of aromatic nitrogens is 3. The SMILES string of the molecule is CC(C)C1CN(c2cc(Cl)nc(N)n2)CCN1C(=S)Nc1cccc2ncccc12. The Kier molecular flexibility index (Phi) is 5.87. The molecule has 30 heavy (non-hydrogen) atoms. The first-order valence-corrected chi connectivity index (χ1v) is 10.7. The van der Waals surface area contributed by atoms with Crippen molar-refractivity contribution in [2.75, 3.05) is 35.6 Å². The van der Waals surface area contributed by atoms with Gasteiger partial charge in [0, 0.05) is 43.0 Å². The van der Waals surface area contributed by atoms with Crippen molar-refractivity contribution in [3.8, 4) is 0 Å². The van der Waals surface area contributed by atoms with Crippen LogP contribution < -0.4 is 16.0 Å². The van der Waals surface area contributed by atoms with Crippen LogP contribution >= 0.6 is 23.8 Å². The first kappa shape index (κ1) is 20.6. The smallest absolute Gasteiger partial charge is 0.223 e. The van der Waals surface area contributed by atoms with Gasteiger partial charge in [0.05, 0.1) is 11.6 Å². The number of nitrogen functional groups attached to an aromatic ring is 1. The van der Waals surface area contributed by atoms with E-state index in [2.05, 4.69) is 50.0 Å². The number of fused-ring (bicyclic) bond motifs is 1. The Labute approximate surface area is 186 Å². The number of thiocarbonyl (C=S) groups is 1. The summed E-state index contributed by atoms with van der Waals surface area (Å²) in [6.45, 7) is 6.69. The maximum atomic E-state index is 6.08. The average molecular weight is 442 g/mol. The lowest BCUT2D eigenvalue weighted by Crippen LogP contribution is -2.58. The lowest BCUT2D eigenvalue weighted by molar-refractivity contribution is 0.227. The predicted molar refractivity (Wildman–Crippen MR) is 127 cm³/mol. The Bertz CT molecular complexity index is 1050. The fraction of sp³-hybridized carbons (Fsp3) is 0.333. The third-order valence-corrected chi connectivity index (χ3v) is 5.89. The lowest BCUT2D eigenvalue weighted by Gasteiger charge is -2.45. The molecule has 0 aliphatic carbocycles. The molecule has 0 amide bonds. The second-order valence-corrected chi connectivity index (χ2v) is 8.44. The summed E-state index contributed by atoms with van der Waals surface area (Å²) in [7, 11) is 0. The molecule has 156 valence electrons. The van der Waals surface area contributed by atoms with Crippen LogP contribution in [0.3, 0.4) is 0 Å². The highest BCUT2D eigenvalue weighted by atomic mass is 35.5. The number of hydrogen-bond acceptors (Lipinski definition) is 6. The van der Waals surface area contributed by atoms with Crippen LogP contribution in [0.4, 0.5) is 17.5 Å². The van der Waals surface area contributed by atoms with Gasteiger partial charge >= 0.3 is 0 Å². The van der Waals surface area contributed by atoms with Crippen LogP contribution in [0.1, 0.15) is 13.8 Å². The second kappa shape index (κ2) is 8.57. The van der Waals surface area contributed by atoms with Gasteiger partial charge in [0.1, 0.15) is 11.0 Å². The summed E-state index contributed by atoms with van der Waals surface area (Å²) < 4.78 is 0. The molecule has 2 aromatic heterocycles. The summed E-state index contributed by atoms with van der Waals surface area (Å²) in [5.41, 5.74) is 7.69. The van der Waals surface area contributed by atoms with Crippen LogP contribution in [0.2, 0.25) is 5.15 Å². The van der Waals surface area contributed by atoms with Crippen molar-refractivity contribution in [2.24, 2.45) is 5.92 Å². The largest absolute Gasteiger partial charge is 0.368 e. The summed E-state index contributed by atoms with van der Waals surface area (Å²) in [6.07, 6.45) is 1.80. The average Bonchev–Trinajstić information content (AvgIpc) is 2.73. The molecule has 1 unspecified atom stereocenters. The summed E-state index contributed by atoms with van der Waals surface area (Å²) in [4.78, 5) is 17.2. The van der Waals surface area contributed by atoms with Crippen molar-refractivity contribution in [3.05, 3.63) is 47.7 Å². The molecule has 4 rings (SSSR count). The van der Waals surface area contributed by atoms with E-state index < -0.39 is 0 Å². The highest BCUT2D eigenvalue weighted by Crippen LogP contribution is 2.26. The number of nitrogens with two attached hydrogens (primary N) is 1. The molecule has 1 saturated heterocycles. The van der Waals surface area contributed by atoms with E-state index in [1.807, 2.05) is 24.3 Å². The van der Waals surface area contributed by atoms with Gasteiger partial charge in [-0.2, -0.15) is 4.98 Å². The molecule has 9 heteroatoms. The van der Waals surface area contributed by atoms with Crippen LogP contribution in [0.15, 0.2) is 42.6 Å². The normalized spacial score (nSPS) is 16.9. The molecule has 7 nitrogen and oxygen atoms in total. The minimum absolute atomic E-state index is 0.183. The minimum atomic E-state index is 0.183. The van der Waals surface area contributed by atoms with Gasteiger partial charge in [0.2, 0.25) is 5.95 Å². The van der Waals surface area contributed by atoms with Crippen molar-refractivity contribution in [2.45, 2.75) is 19.9 Å². The highest BCUT2D eigenvalue weighted by molar-refractivity contribution is 7.80. The van der Waals surface area contributed by atoms with Crippen LogP contribution in [-0.4, -0.2) is 50.6 Å². The Morgan fingerprint density at radius 2 is 2.07 bits per heavy atom. The zero-order valence-corrected chi connectivity index (χ0v) is 18.5. The Hall–Kier alpha value is -2.71. The van der Waals surface area contributed by atoms with Gasteiger partial charge < -0.3 is 20.9 Å². The molecule has 3 aromatic rings. The van der Waals surface area contributed by atoms with E-state index in [4.69, 9.17) is 29.6 Å². The molecular formula is C21H24ClN7S. The zero-order chi connectivity index (χ0) is 21.3. The number of halogens is 1. The summed E-state index contributed by atoms with van der Waals surface area (Å²) in [6, 6.07) is 12.0. The van der Waals surface area contributed by atoms with Gasteiger partial charge in [0.25, 0.3) is 0 Å². The van der Waals surface area contributed by atoms with Gasteiger partial charge in [-0.15, -0.1) is 0 Å². The van der Waals surface area contributed by atoms with Crippen molar-refractivity contribution >= 4 is 57.3 Å². The quantitative estimate of drug-likeness (QED) is 0.469. The van der Waals surface area contributed by atoms with E-state index >= 15 is 0 Å². The fourth-order valence-corrected chi connectivity index (χ4v) is 4.35. The van der Waals surface area contributed by atoms with Crippen LogP contribution in [0.25, 0.3) is 10.9 Å². The number of nitrogens with one attached hydrogen (secondary N) is 1. The van der Waals surface area contributed by atoms with Gasteiger partial charge in [-0.3, -0.25) is 4.98 Å². The molecule has 0 saturated carbocycles. The topological polar surface area (TPSA) is 83.2 Å². The number of benzene rings is 1. The molecule has 0 spiro atoms. The molecule has 1 aliphatic rings. The first-order chi connectivity index (χ1) is 14.4. The van der Waals surface area contributed by atoms with Crippen LogP contribution in [0, 0.1) is 5.92 Å². The summed E-state index contributed by atoms with van der Waals surface area (Å²) in [5.74, 6) is 1.32. The monoisotopic (exact) mass is 441 g/mol. The van der Waals surface area contributed by atoms with E-state index in [-0.39, 0.29) is 12.0 Å². The number of hydrogen-bond donors (Lipinski definition) is 2. The maximum absolute atomic E-state index is 6.08. The van der Waals surface area contributed by atoms with Crippen molar-refractivity contribution in [3.63, 3.8) is 0 Å². The van der Waals surface area contributed by atoms with Crippen LogP contribution in [-0.2, 0) is 0 Å². The summed E-state index contributed by atoms with van der Waals surface area (Å²) >= 11 is 11.9. The van der Waals surface area contributed by atoms with E-state index in [1.54, 1.807) is 12.3 Å². The molecule has 0 bridgehead atoms. The van der Waals surface area contributed by atoms with E-state index in [0.29, 0.717) is 16.2 Å². The number of piperazine rings is 1. The van der Waals surface area contributed by atoms with E-state index in [0.717, 1.165) is 42.0 Å². The predicted octanol–water partition coefficient (Wildman–Crippen LogP) is 3.80. The molecule has 3 heterocycles. The molecule has 1 atom stereocenters. The van der Waals surface area contributed by atoms with Gasteiger partial charge in [-0.25, -0.2) is 4.98 Å². The molecule has 1 fully saturated rings. The van der Waals surface area contributed by atoms with Gasteiger partial charge in [0.15, 0.2) is 5.11 Å². The number of rotatable bonds is 3. The third-order valence-electron chi connectivity index (χ3n) is 5.36. The highest BCUT2D eigenvalue weighted by Gasteiger charge is 2.32. The molecular weight excluding hydrogens is 418 g/mol. The summed E-state index contributed by atoms with van der Waals surface area (Å²) in [5, 5.41) is 5.56. The van der Waals surface area contributed by atoms with E-state index in [1.165, 1.54) is 0 Å². The number of pyridine rings is 1. The number of anilines is 3. The van der Waals surface area contributed by atoms with Gasteiger partial charge in [-0.05, 0) is 42.4 Å². The molecule has 0 radical (unpaired) electrons. The zero-order valence-electron chi connectivity index (χ0n) is 16.9. The fourth-order valence-electron chi connectivity index (χ4n) is 3.83. The molecule has 1 aliphatic heterocycles. The van der Waals surface area contributed by atoms with Crippen molar-refractivity contribution in [1.82, 2.24) is 19.9 Å². The maximum Gasteiger partial charge on any atom is 0.223 e.